The topological polar surface area (TPSA) is 66.8 Å². The van der Waals surface area contributed by atoms with Crippen molar-refractivity contribution < 1.29 is 19.4 Å². The lowest BCUT2D eigenvalue weighted by molar-refractivity contribution is -0.154. The first-order valence-electron chi connectivity index (χ1n) is 7.19. The Bertz CT molecular complexity index is 502. The number of hydrogen-bond acceptors (Lipinski definition) is 3. The van der Waals surface area contributed by atoms with Crippen LogP contribution in [0.1, 0.15) is 25.8 Å². The zero-order valence-corrected chi connectivity index (χ0v) is 12.4. The van der Waals surface area contributed by atoms with Gasteiger partial charge in [-0.25, -0.2) is 4.79 Å². The molecule has 1 N–H and O–H groups in total. The number of hydrogen-bond donors (Lipinski definition) is 1. The predicted molar refractivity (Wildman–Crippen MR) is 77.6 cm³/mol. The highest BCUT2D eigenvalue weighted by Gasteiger charge is 2.40. The van der Waals surface area contributed by atoms with Gasteiger partial charge in [0.25, 0.3) is 5.91 Å². The van der Waals surface area contributed by atoms with Gasteiger partial charge in [-0.1, -0.05) is 37.3 Å². The fourth-order valence-corrected chi connectivity index (χ4v) is 2.67. The van der Waals surface area contributed by atoms with Crippen LogP contribution in [0.2, 0.25) is 0 Å². The van der Waals surface area contributed by atoms with E-state index in [0.29, 0.717) is 19.6 Å². The first-order chi connectivity index (χ1) is 10.0. The Balaban J connectivity index is 1.94. The van der Waals surface area contributed by atoms with Gasteiger partial charge >= 0.3 is 5.97 Å². The number of carbonyl (C=O) groups excluding carboxylic acids is 1. The average Bonchev–Trinajstić information content (AvgIpc) is 2.87. The van der Waals surface area contributed by atoms with Crippen molar-refractivity contribution in [1.82, 2.24) is 4.90 Å². The van der Waals surface area contributed by atoms with E-state index in [-0.39, 0.29) is 11.8 Å². The first-order valence-corrected chi connectivity index (χ1v) is 7.19. The minimum absolute atomic E-state index is 0.0206. The van der Waals surface area contributed by atoms with Crippen molar-refractivity contribution in [2.45, 2.75) is 39.0 Å². The predicted octanol–water partition coefficient (Wildman–Crippen LogP) is 1.91. The molecule has 1 aromatic rings. The van der Waals surface area contributed by atoms with E-state index in [1.165, 1.54) is 4.90 Å². The molecule has 5 heteroatoms. The number of aliphatic carboxylic acids is 1. The molecular weight excluding hydrogens is 270 g/mol. The van der Waals surface area contributed by atoms with Crippen LogP contribution in [0, 0.1) is 5.92 Å². The Morgan fingerprint density at radius 1 is 1.38 bits per heavy atom. The van der Waals surface area contributed by atoms with E-state index in [1.54, 1.807) is 6.92 Å². The van der Waals surface area contributed by atoms with Gasteiger partial charge in [0.15, 0.2) is 0 Å². The molecule has 5 nitrogen and oxygen atoms in total. The molecule has 1 aliphatic rings. The number of ether oxygens (including phenoxy) is 1. The summed E-state index contributed by atoms with van der Waals surface area (Å²) in [4.78, 5) is 25.1. The van der Waals surface area contributed by atoms with Crippen molar-refractivity contribution in [1.29, 1.82) is 0 Å². The summed E-state index contributed by atoms with van der Waals surface area (Å²) in [5, 5.41) is 9.26. The van der Waals surface area contributed by atoms with Crippen LogP contribution in [-0.2, 0) is 20.9 Å². The van der Waals surface area contributed by atoms with Gasteiger partial charge in [0, 0.05) is 6.54 Å². The van der Waals surface area contributed by atoms with Gasteiger partial charge in [-0.15, -0.1) is 0 Å². The number of rotatable bonds is 5. The molecule has 1 heterocycles. The molecule has 0 saturated carbocycles. The number of carboxylic acids is 1. The third-order valence-corrected chi connectivity index (χ3v) is 3.93. The van der Waals surface area contributed by atoms with Gasteiger partial charge < -0.3 is 14.7 Å². The zero-order valence-electron chi connectivity index (χ0n) is 12.4. The van der Waals surface area contributed by atoms with Crippen LogP contribution >= 0.6 is 0 Å². The van der Waals surface area contributed by atoms with Gasteiger partial charge in [-0.2, -0.15) is 0 Å². The number of carbonyl (C=O) groups is 2. The number of nitrogens with zero attached hydrogens (tertiary/aromatic N) is 1. The molecular formula is C16H21NO4. The number of benzene rings is 1. The van der Waals surface area contributed by atoms with Crippen LogP contribution in [-0.4, -0.2) is 40.6 Å². The molecule has 0 radical (unpaired) electrons. The second kappa shape index (κ2) is 6.72. The van der Waals surface area contributed by atoms with Crippen LogP contribution in [0.5, 0.6) is 0 Å². The molecule has 1 amide bonds. The van der Waals surface area contributed by atoms with E-state index in [2.05, 4.69) is 0 Å². The summed E-state index contributed by atoms with van der Waals surface area (Å²) >= 11 is 0. The Labute approximate surface area is 124 Å². The molecule has 1 aliphatic heterocycles. The van der Waals surface area contributed by atoms with Crippen molar-refractivity contribution in [3.05, 3.63) is 35.9 Å². The van der Waals surface area contributed by atoms with E-state index in [1.807, 2.05) is 37.3 Å². The molecule has 1 aromatic carbocycles. The maximum Gasteiger partial charge on any atom is 0.326 e. The number of likely N-dealkylation sites (tertiary alicyclic amines) is 1. The third kappa shape index (κ3) is 3.61. The maximum atomic E-state index is 12.4. The second-order valence-corrected chi connectivity index (χ2v) is 5.52. The largest absolute Gasteiger partial charge is 0.480 e. The van der Waals surface area contributed by atoms with Crippen LogP contribution in [0.15, 0.2) is 30.3 Å². The van der Waals surface area contributed by atoms with E-state index < -0.39 is 18.1 Å². The molecule has 0 bridgehead atoms. The smallest absolute Gasteiger partial charge is 0.326 e. The van der Waals surface area contributed by atoms with E-state index in [9.17, 15) is 14.7 Å². The SMILES string of the molecule is CC(OCc1ccccc1)C(=O)N1CCC(C)C1C(=O)O. The van der Waals surface area contributed by atoms with E-state index >= 15 is 0 Å². The fourth-order valence-electron chi connectivity index (χ4n) is 2.67. The quantitative estimate of drug-likeness (QED) is 0.900. The van der Waals surface area contributed by atoms with E-state index in [4.69, 9.17) is 4.74 Å². The van der Waals surface area contributed by atoms with Crippen molar-refractivity contribution in [2.75, 3.05) is 6.54 Å². The lowest BCUT2D eigenvalue weighted by atomic mass is 10.0. The lowest BCUT2D eigenvalue weighted by Crippen LogP contribution is -2.47. The van der Waals surface area contributed by atoms with Crippen LogP contribution in [0.3, 0.4) is 0 Å². The van der Waals surface area contributed by atoms with Gasteiger partial charge in [0.1, 0.15) is 12.1 Å². The minimum Gasteiger partial charge on any atom is -0.480 e. The van der Waals surface area contributed by atoms with Gasteiger partial charge in [-0.3, -0.25) is 4.79 Å². The van der Waals surface area contributed by atoms with Gasteiger partial charge in [0.05, 0.1) is 6.61 Å². The minimum atomic E-state index is -0.941. The fraction of sp³-hybridized carbons (Fsp3) is 0.500. The Morgan fingerprint density at radius 2 is 2.05 bits per heavy atom. The summed E-state index contributed by atoms with van der Waals surface area (Å²) in [5.74, 6) is -1.21. The molecule has 1 fully saturated rings. The molecule has 0 aliphatic carbocycles. The normalized spacial score (nSPS) is 23.0. The number of amides is 1. The Morgan fingerprint density at radius 3 is 2.67 bits per heavy atom. The Hall–Kier alpha value is -1.88. The maximum absolute atomic E-state index is 12.4. The second-order valence-electron chi connectivity index (χ2n) is 5.52. The summed E-state index contributed by atoms with van der Waals surface area (Å²) in [6.07, 6.45) is 0.0750. The summed E-state index contributed by atoms with van der Waals surface area (Å²) in [5.41, 5.74) is 0.988. The highest BCUT2D eigenvalue weighted by Crippen LogP contribution is 2.25. The molecule has 3 atom stereocenters. The first kappa shape index (κ1) is 15.5. The standard InChI is InChI=1S/C16H21NO4/c1-11-8-9-17(14(11)16(19)20)15(18)12(2)21-10-13-6-4-3-5-7-13/h3-7,11-12,14H,8-10H2,1-2H3,(H,19,20). The van der Waals surface area contributed by atoms with Crippen LogP contribution in [0.4, 0.5) is 0 Å². The summed E-state index contributed by atoms with van der Waals surface area (Å²) in [6, 6.07) is 8.85. The third-order valence-electron chi connectivity index (χ3n) is 3.93. The van der Waals surface area contributed by atoms with Crippen molar-refractivity contribution >= 4 is 11.9 Å². The molecule has 21 heavy (non-hydrogen) atoms. The van der Waals surface area contributed by atoms with Crippen molar-refractivity contribution in [3.63, 3.8) is 0 Å². The summed E-state index contributed by atoms with van der Waals surface area (Å²) in [6.45, 7) is 4.36. The molecule has 3 unspecified atom stereocenters. The molecule has 0 spiro atoms. The van der Waals surface area contributed by atoms with Gasteiger partial charge in [-0.05, 0) is 24.8 Å². The lowest BCUT2D eigenvalue weighted by Gasteiger charge is -2.26. The Kier molecular flexibility index (Phi) is 4.96. The van der Waals surface area contributed by atoms with Crippen LogP contribution < -0.4 is 0 Å². The zero-order chi connectivity index (χ0) is 15.4. The molecule has 114 valence electrons. The van der Waals surface area contributed by atoms with Crippen molar-refractivity contribution in [2.24, 2.45) is 5.92 Å². The molecule has 1 saturated heterocycles. The van der Waals surface area contributed by atoms with Crippen molar-refractivity contribution in [3.8, 4) is 0 Å². The molecule has 2 rings (SSSR count). The monoisotopic (exact) mass is 291 g/mol. The molecule has 0 aromatic heterocycles. The average molecular weight is 291 g/mol. The van der Waals surface area contributed by atoms with Gasteiger partial charge in [0.2, 0.25) is 0 Å². The highest BCUT2D eigenvalue weighted by molar-refractivity contribution is 5.87. The van der Waals surface area contributed by atoms with Crippen LogP contribution in [0.25, 0.3) is 0 Å². The summed E-state index contributed by atoms with van der Waals surface area (Å²) in [7, 11) is 0. The van der Waals surface area contributed by atoms with E-state index in [0.717, 1.165) is 5.56 Å². The summed E-state index contributed by atoms with van der Waals surface area (Å²) < 4.78 is 5.58. The highest BCUT2D eigenvalue weighted by atomic mass is 16.5. The number of carboxylic acid groups (broad SMARTS) is 1.